The van der Waals surface area contributed by atoms with Crippen molar-refractivity contribution in [2.75, 3.05) is 18.0 Å². The Morgan fingerprint density at radius 3 is 2.65 bits per heavy atom. The van der Waals surface area contributed by atoms with Crippen LogP contribution in [0, 0.1) is 6.92 Å². The average molecular weight is 310 g/mol. The van der Waals surface area contributed by atoms with Crippen LogP contribution in [-0.2, 0) is 0 Å². The smallest absolute Gasteiger partial charge is 0.151 e. The highest BCUT2D eigenvalue weighted by Gasteiger charge is 2.15. The summed E-state index contributed by atoms with van der Waals surface area (Å²) in [5.74, 6) is 0.707. The number of anilines is 2. The van der Waals surface area contributed by atoms with Crippen LogP contribution in [0.15, 0.2) is 36.5 Å². The summed E-state index contributed by atoms with van der Waals surface area (Å²) in [6, 6.07) is 9.84. The molecule has 2 aromatic rings. The minimum Gasteiger partial charge on any atom is -0.330 e. The normalized spacial score (nSPS) is 10.6. The van der Waals surface area contributed by atoms with Crippen LogP contribution in [0.4, 0.5) is 11.5 Å². The molecule has 0 fully saturated rings. The number of benzene rings is 1. The maximum atomic E-state index is 6.29. The minimum absolute atomic E-state index is 0.530. The Hall–Kier alpha value is -1.29. The van der Waals surface area contributed by atoms with Gasteiger partial charge in [-0.2, -0.15) is 0 Å². The molecule has 0 aliphatic rings. The summed E-state index contributed by atoms with van der Waals surface area (Å²) in [6.07, 6.45) is 2.46. The number of rotatable bonds is 5. The molecule has 3 nitrogen and oxygen atoms in total. The molecule has 106 valence electrons. The third-order valence-corrected chi connectivity index (χ3v) is 3.52. The van der Waals surface area contributed by atoms with Crippen LogP contribution in [0.5, 0.6) is 0 Å². The molecule has 0 aliphatic carbocycles. The van der Waals surface area contributed by atoms with Gasteiger partial charge in [0, 0.05) is 18.4 Å². The molecular weight excluding hydrogens is 293 g/mol. The van der Waals surface area contributed by atoms with E-state index in [2.05, 4.69) is 28.9 Å². The lowest BCUT2D eigenvalue weighted by Crippen LogP contribution is -2.23. The standard InChI is InChI=1S/C15H17Cl2N3/c1-11-5-2-3-6-14(11)20(8-4-7-18)15-13(17)9-12(16)10-19-15/h2-3,5-6,9-10H,4,7-8,18H2,1H3. The molecule has 0 amide bonds. The fourth-order valence-corrected chi connectivity index (χ4v) is 2.54. The molecule has 0 radical (unpaired) electrons. The van der Waals surface area contributed by atoms with E-state index in [0.29, 0.717) is 22.4 Å². The monoisotopic (exact) mass is 309 g/mol. The van der Waals surface area contributed by atoms with E-state index in [9.17, 15) is 0 Å². The molecule has 1 aromatic carbocycles. The number of halogens is 2. The lowest BCUT2D eigenvalue weighted by atomic mass is 10.1. The second-order valence-corrected chi connectivity index (χ2v) is 5.38. The van der Waals surface area contributed by atoms with E-state index >= 15 is 0 Å². The first-order valence-electron chi connectivity index (χ1n) is 6.47. The van der Waals surface area contributed by atoms with Gasteiger partial charge in [0.1, 0.15) is 0 Å². The topological polar surface area (TPSA) is 42.1 Å². The van der Waals surface area contributed by atoms with Gasteiger partial charge in [-0.1, -0.05) is 41.4 Å². The van der Waals surface area contributed by atoms with Gasteiger partial charge < -0.3 is 10.6 Å². The number of hydrogen-bond acceptors (Lipinski definition) is 3. The van der Waals surface area contributed by atoms with Crippen molar-refractivity contribution < 1.29 is 0 Å². The fraction of sp³-hybridized carbons (Fsp3) is 0.267. The Labute approximate surface area is 129 Å². The summed E-state index contributed by atoms with van der Waals surface area (Å²) >= 11 is 12.2. The van der Waals surface area contributed by atoms with Crippen molar-refractivity contribution in [3.8, 4) is 0 Å². The van der Waals surface area contributed by atoms with Crippen LogP contribution < -0.4 is 10.6 Å². The van der Waals surface area contributed by atoms with Crippen LogP contribution in [0.1, 0.15) is 12.0 Å². The van der Waals surface area contributed by atoms with Crippen LogP contribution >= 0.6 is 23.2 Å². The quantitative estimate of drug-likeness (QED) is 0.900. The van der Waals surface area contributed by atoms with E-state index in [-0.39, 0.29) is 0 Å². The number of aromatic nitrogens is 1. The lowest BCUT2D eigenvalue weighted by molar-refractivity contribution is 0.808. The first-order valence-corrected chi connectivity index (χ1v) is 7.23. The molecule has 0 bridgehead atoms. The highest BCUT2D eigenvalue weighted by molar-refractivity contribution is 6.36. The van der Waals surface area contributed by atoms with Crippen LogP contribution in [0.3, 0.4) is 0 Å². The molecule has 1 aromatic heterocycles. The summed E-state index contributed by atoms with van der Waals surface area (Å²) in [6.45, 7) is 3.44. The van der Waals surface area contributed by atoms with E-state index in [0.717, 1.165) is 24.2 Å². The molecule has 0 aliphatic heterocycles. The summed E-state index contributed by atoms with van der Waals surface area (Å²) in [4.78, 5) is 6.45. The Morgan fingerprint density at radius 1 is 1.25 bits per heavy atom. The van der Waals surface area contributed by atoms with Crippen LogP contribution in [0.2, 0.25) is 10.0 Å². The molecule has 1 heterocycles. The van der Waals surface area contributed by atoms with E-state index < -0.39 is 0 Å². The second kappa shape index (κ2) is 6.93. The molecule has 20 heavy (non-hydrogen) atoms. The zero-order valence-electron chi connectivity index (χ0n) is 11.3. The number of aryl methyl sites for hydroxylation is 1. The number of hydrogen-bond donors (Lipinski definition) is 1. The first kappa shape index (κ1) is 15.1. The van der Waals surface area contributed by atoms with Crippen molar-refractivity contribution in [2.45, 2.75) is 13.3 Å². The molecule has 0 atom stereocenters. The van der Waals surface area contributed by atoms with Gasteiger partial charge in [-0.25, -0.2) is 4.98 Å². The van der Waals surface area contributed by atoms with Gasteiger partial charge >= 0.3 is 0 Å². The maximum Gasteiger partial charge on any atom is 0.151 e. The Morgan fingerprint density at radius 2 is 2.00 bits per heavy atom. The van der Waals surface area contributed by atoms with Crippen LogP contribution in [-0.4, -0.2) is 18.1 Å². The number of pyridine rings is 1. The molecule has 2 rings (SSSR count). The summed E-state index contributed by atoms with van der Waals surface area (Å²) < 4.78 is 0. The van der Waals surface area contributed by atoms with Gasteiger partial charge in [-0.15, -0.1) is 0 Å². The molecule has 0 unspecified atom stereocenters. The van der Waals surface area contributed by atoms with Crippen molar-refractivity contribution in [3.63, 3.8) is 0 Å². The fourth-order valence-electron chi connectivity index (χ4n) is 2.06. The summed E-state index contributed by atoms with van der Waals surface area (Å²) in [5.41, 5.74) is 7.88. The maximum absolute atomic E-state index is 6.29. The predicted octanol–water partition coefficient (Wildman–Crippen LogP) is 4.18. The zero-order valence-corrected chi connectivity index (χ0v) is 12.8. The summed E-state index contributed by atoms with van der Waals surface area (Å²) in [7, 11) is 0. The van der Waals surface area contributed by atoms with Gasteiger partial charge in [-0.3, -0.25) is 0 Å². The third-order valence-electron chi connectivity index (χ3n) is 3.04. The SMILES string of the molecule is Cc1ccccc1N(CCCN)c1ncc(Cl)cc1Cl. The second-order valence-electron chi connectivity index (χ2n) is 4.54. The van der Waals surface area contributed by atoms with Gasteiger partial charge in [0.25, 0.3) is 0 Å². The van der Waals surface area contributed by atoms with Gasteiger partial charge in [-0.05, 0) is 37.6 Å². The zero-order chi connectivity index (χ0) is 14.5. The van der Waals surface area contributed by atoms with Crippen molar-refractivity contribution in [3.05, 3.63) is 52.1 Å². The third kappa shape index (κ3) is 3.42. The number of nitrogens with zero attached hydrogens (tertiary/aromatic N) is 2. The van der Waals surface area contributed by atoms with E-state index in [4.69, 9.17) is 28.9 Å². The minimum atomic E-state index is 0.530. The summed E-state index contributed by atoms with van der Waals surface area (Å²) in [5, 5.41) is 1.07. The highest BCUT2D eigenvalue weighted by atomic mass is 35.5. The molecule has 0 saturated heterocycles. The molecule has 0 saturated carbocycles. The lowest BCUT2D eigenvalue weighted by Gasteiger charge is -2.26. The Kier molecular flexibility index (Phi) is 5.24. The van der Waals surface area contributed by atoms with Crippen molar-refractivity contribution in [2.24, 2.45) is 5.73 Å². The van der Waals surface area contributed by atoms with E-state index in [1.54, 1.807) is 12.3 Å². The molecule has 5 heteroatoms. The Balaban J connectivity index is 2.44. The highest BCUT2D eigenvalue weighted by Crippen LogP contribution is 2.33. The van der Waals surface area contributed by atoms with E-state index in [1.165, 1.54) is 0 Å². The van der Waals surface area contributed by atoms with Gasteiger partial charge in [0.2, 0.25) is 0 Å². The van der Waals surface area contributed by atoms with E-state index in [1.807, 2.05) is 12.1 Å². The van der Waals surface area contributed by atoms with Crippen molar-refractivity contribution >= 4 is 34.7 Å². The predicted molar refractivity (Wildman–Crippen MR) is 86.1 cm³/mol. The van der Waals surface area contributed by atoms with Gasteiger partial charge in [0.15, 0.2) is 5.82 Å². The first-order chi connectivity index (χ1) is 9.63. The molecule has 2 N–H and O–H groups in total. The van der Waals surface area contributed by atoms with Crippen molar-refractivity contribution in [1.82, 2.24) is 4.98 Å². The van der Waals surface area contributed by atoms with Crippen molar-refractivity contribution in [1.29, 1.82) is 0 Å². The number of nitrogens with two attached hydrogens (primary N) is 1. The Bertz CT molecular complexity index is 587. The molecular formula is C15H17Cl2N3. The average Bonchev–Trinajstić information content (AvgIpc) is 2.42. The van der Waals surface area contributed by atoms with Gasteiger partial charge in [0.05, 0.1) is 10.0 Å². The molecule has 0 spiro atoms. The largest absolute Gasteiger partial charge is 0.330 e. The van der Waals surface area contributed by atoms with Crippen LogP contribution in [0.25, 0.3) is 0 Å². The number of para-hydroxylation sites is 1.